The van der Waals surface area contributed by atoms with Crippen molar-refractivity contribution in [1.29, 1.82) is 0 Å². The van der Waals surface area contributed by atoms with Gasteiger partial charge in [0.2, 0.25) is 0 Å². The van der Waals surface area contributed by atoms with Crippen molar-refractivity contribution >= 4 is 20.6 Å². The van der Waals surface area contributed by atoms with Crippen LogP contribution in [0, 0.1) is 0 Å². The minimum atomic E-state index is -3.21. The molecule has 0 amide bonds. The summed E-state index contributed by atoms with van der Waals surface area (Å²) in [5, 5.41) is 5.34. The first-order chi connectivity index (χ1) is 9.78. The molecule has 0 saturated heterocycles. The van der Waals surface area contributed by atoms with E-state index in [9.17, 15) is 8.42 Å². The Labute approximate surface area is 127 Å². The number of hydrogen-bond donors (Lipinski definition) is 1. The monoisotopic (exact) mass is 305 g/mol. The molecular weight excluding hydrogens is 282 g/mol. The highest BCUT2D eigenvalue weighted by Crippen LogP contribution is 2.20. The minimum Gasteiger partial charge on any atom is -0.312 e. The Kier molecular flexibility index (Phi) is 4.69. The van der Waals surface area contributed by atoms with Crippen LogP contribution in [0.5, 0.6) is 0 Å². The van der Waals surface area contributed by atoms with Gasteiger partial charge in [0.05, 0.1) is 10.6 Å². The fraction of sp³-hybridized carbons (Fsp3) is 0.412. The fourth-order valence-corrected chi connectivity index (χ4v) is 3.55. The number of hydrogen-bond acceptors (Lipinski definition) is 3. The number of fused-ring (bicyclic) bond motifs is 1. The highest BCUT2D eigenvalue weighted by atomic mass is 32.2. The second-order valence-electron chi connectivity index (χ2n) is 6.36. The van der Waals surface area contributed by atoms with Crippen LogP contribution < -0.4 is 5.32 Å². The molecule has 0 saturated carbocycles. The van der Waals surface area contributed by atoms with Crippen LogP contribution in [0.3, 0.4) is 0 Å². The van der Waals surface area contributed by atoms with Gasteiger partial charge >= 0.3 is 0 Å². The van der Waals surface area contributed by atoms with Gasteiger partial charge < -0.3 is 5.32 Å². The molecule has 0 atom stereocenters. The van der Waals surface area contributed by atoms with Gasteiger partial charge in [-0.15, -0.1) is 0 Å². The largest absolute Gasteiger partial charge is 0.312 e. The Morgan fingerprint density at radius 3 is 2.33 bits per heavy atom. The van der Waals surface area contributed by atoms with Crippen LogP contribution in [0.15, 0.2) is 47.4 Å². The molecule has 0 aliphatic heterocycles. The SMILES string of the molecule is CC(C)(C)NCCCS(=O)(=O)c1ccc2ccccc2c1. The summed E-state index contributed by atoms with van der Waals surface area (Å²) in [4.78, 5) is 0.414. The van der Waals surface area contributed by atoms with Gasteiger partial charge in [-0.3, -0.25) is 0 Å². The van der Waals surface area contributed by atoms with E-state index < -0.39 is 9.84 Å². The quantitative estimate of drug-likeness (QED) is 0.861. The molecule has 2 rings (SSSR count). The Balaban J connectivity index is 2.07. The topological polar surface area (TPSA) is 46.2 Å². The summed E-state index contributed by atoms with van der Waals surface area (Å²) in [5.41, 5.74) is 0.0205. The average molecular weight is 305 g/mol. The molecule has 0 aliphatic rings. The van der Waals surface area contributed by atoms with Crippen molar-refractivity contribution in [2.24, 2.45) is 0 Å². The number of sulfone groups is 1. The zero-order valence-electron chi connectivity index (χ0n) is 12.9. The minimum absolute atomic E-state index is 0.0205. The maximum atomic E-state index is 12.4. The van der Waals surface area contributed by atoms with Crippen molar-refractivity contribution in [2.75, 3.05) is 12.3 Å². The van der Waals surface area contributed by atoms with Crippen molar-refractivity contribution in [3.05, 3.63) is 42.5 Å². The fourth-order valence-electron chi connectivity index (χ4n) is 2.20. The lowest BCUT2D eigenvalue weighted by Crippen LogP contribution is -2.36. The molecule has 0 radical (unpaired) electrons. The summed E-state index contributed by atoms with van der Waals surface area (Å²) in [6, 6.07) is 13.1. The van der Waals surface area contributed by atoms with Gasteiger partial charge in [0.1, 0.15) is 0 Å². The van der Waals surface area contributed by atoms with E-state index in [1.54, 1.807) is 12.1 Å². The van der Waals surface area contributed by atoms with E-state index >= 15 is 0 Å². The zero-order chi connectivity index (χ0) is 15.5. The van der Waals surface area contributed by atoms with Gasteiger partial charge in [0, 0.05) is 5.54 Å². The highest BCUT2D eigenvalue weighted by molar-refractivity contribution is 7.91. The van der Waals surface area contributed by atoms with E-state index in [-0.39, 0.29) is 11.3 Å². The Bertz CT molecular complexity index is 715. The van der Waals surface area contributed by atoms with Crippen LogP contribution in [0.2, 0.25) is 0 Å². The molecule has 3 nitrogen and oxygen atoms in total. The predicted octanol–water partition coefficient (Wildman–Crippen LogP) is 3.39. The molecule has 4 heteroatoms. The smallest absolute Gasteiger partial charge is 0.178 e. The van der Waals surface area contributed by atoms with Gasteiger partial charge in [0.25, 0.3) is 0 Å². The van der Waals surface area contributed by atoms with Gasteiger partial charge in [-0.25, -0.2) is 8.42 Å². The van der Waals surface area contributed by atoms with E-state index in [0.29, 0.717) is 17.9 Å². The van der Waals surface area contributed by atoms with Crippen molar-refractivity contribution < 1.29 is 8.42 Å². The van der Waals surface area contributed by atoms with Crippen molar-refractivity contribution in [3.63, 3.8) is 0 Å². The third-order valence-electron chi connectivity index (χ3n) is 3.33. The van der Waals surface area contributed by atoms with E-state index in [1.807, 2.05) is 30.3 Å². The molecule has 1 N–H and O–H groups in total. The lowest BCUT2D eigenvalue weighted by molar-refractivity contribution is 0.426. The Hall–Kier alpha value is -1.39. The lowest BCUT2D eigenvalue weighted by Gasteiger charge is -2.20. The van der Waals surface area contributed by atoms with E-state index in [2.05, 4.69) is 26.1 Å². The van der Waals surface area contributed by atoms with Crippen LogP contribution >= 0.6 is 0 Å². The molecule has 0 fully saturated rings. The summed E-state index contributed by atoms with van der Waals surface area (Å²) in [6.07, 6.45) is 0.617. The standard InChI is InChI=1S/C17H23NO2S/c1-17(2,3)18-11-6-12-21(19,20)16-10-9-14-7-4-5-8-15(14)13-16/h4-5,7-10,13,18H,6,11-12H2,1-3H3. The molecule has 0 unspecified atom stereocenters. The van der Waals surface area contributed by atoms with Crippen LogP contribution in [0.4, 0.5) is 0 Å². The molecule has 0 heterocycles. The van der Waals surface area contributed by atoms with Gasteiger partial charge in [-0.2, -0.15) is 0 Å². The summed E-state index contributed by atoms with van der Waals surface area (Å²) in [7, 11) is -3.21. The summed E-state index contributed by atoms with van der Waals surface area (Å²) in [5.74, 6) is 0.175. The maximum Gasteiger partial charge on any atom is 0.178 e. The summed E-state index contributed by atoms with van der Waals surface area (Å²) >= 11 is 0. The highest BCUT2D eigenvalue weighted by Gasteiger charge is 2.15. The number of nitrogens with one attached hydrogen (secondary N) is 1. The third-order valence-corrected chi connectivity index (χ3v) is 5.12. The first kappa shape index (κ1) is 16.0. The van der Waals surface area contributed by atoms with Crippen LogP contribution in [-0.2, 0) is 9.84 Å². The Morgan fingerprint density at radius 1 is 1.00 bits per heavy atom. The molecular formula is C17H23NO2S. The van der Waals surface area contributed by atoms with E-state index in [1.165, 1.54) is 0 Å². The summed E-state index contributed by atoms with van der Waals surface area (Å²) in [6.45, 7) is 6.93. The van der Waals surface area contributed by atoms with E-state index in [0.717, 1.165) is 10.8 Å². The Morgan fingerprint density at radius 2 is 1.67 bits per heavy atom. The van der Waals surface area contributed by atoms with E-state index in [4.69, 9.17) is 0 Å². The second kappa shape index (κ2) is 6.16. The van der Waals surface area contributed by atoms with Crippen molar-refractivity contribution in [2.45, 2.75) is 37.6 Å². The van der Waals surface area contributed by atoms with Crippen molar-refractivity contribution in [3.8, 4) is 0 Å². The molecule has 114 valence electrons. The first-order valence-corrected chi connectivity index (χ1v) is 8.90. The second-order valence-corrected chi connectivity index (χ2v) is 8.47. The molecule has 21 heavy (non-hydrogen) atoms. The number of rotatable bonds is 5. The van der Waals surface area contributed by atoms with Crippen molar-refractivity contribution in [1.82, 2.24) is 5.32 Å². The van der Waals surface area contributed by atoms with Gasteiger partial charge in [0.15, 0.2) is 9.84 Å². The lowest BCUT2D eigenvalue weighted by atomic mass is 10.1. The van der Waals surface area contributed by atoms with Crippen LogP contribution in [-0.4, -0.2) is 26.3 Å². The average Bonchev–Trinajstić information content (AvgIpc) is 2.42. The van der Waals surface area contributed by atoms with Gasteiger partial charge in [-0.05, 0) is 56.6 Å². The molecule has 0 spiro atoms. The first-order valence-electron chi connectivity index (χ1n) is 7.25. The molecule has 0 bridgehead atoms. The van der Waals surface area contributed by atoms with Crippen LogP contribution in [0.25, 0.3) is 10.8 Å². The normalized spacial score (nSPS) is 12.7. The van der Waals surface area contributed by atoms with Crippen LogP contribution in [0.1, 0.15) is 27.2 Å². The maximum absolute atomic E-state index is 12.4. The molecule has 0 aliphatic carbocycles. The molecule has 2 aromatic carbocycles. The van der Waals surface area contributed by atoms with Gasteiger partial charge in [-0.1, -0.05) is 30.3 Å². The molecule has 0 aromatic heterocycles. The summed E-state index contributed by atoms with van der Waals surface area (Å²) < 4.78 is 24.7. The third kappa shape index (κ3) is 4.55. The zero-order valence-corrected chi connectivity index (χ0v) is 13.7. The molecule has 2 aromatic rings. The predicted molar refractivity (Wildman–Crippen MR) is 88.4 cm³/mol. The number of benzene rings is 2.